The number of hydrogen-bond donors (Lipinski definition) is 2. The summed E-state index contributed by atoms with van der Waals surface area (Å²) in [6.07, 6.45) is -1.53. The van der Waals surface area contributed by atoms with Crippen molar-refractivity contribution in [1.29, 1.82) is 0 Å². The lowest BCUT2D eigenvalue weighted by Crippen LogP contribution is -2.53. The van der Waals surface area contributed by atoms with Gasteiger partial charge in [-0.2, -0.15) is 23.0 Å². The molecule has 11 nitrogen and oxygen atoms in total. The van der Waals surface area contributed by atoms with Crippen LogP contribution in [-0.2, 0) is 26.6 Å². The molecule has 2 amide bonds. The highest BCUT2D eigenvalue weighted by Crippen LogP contribution is 2.44. The van der Waals surface area contributed by atoms with E-state index in [1.807, 2.05) is 6.92 Å². The number of amides is 2. The summed E-state index contributed by atoms with van der Waals surface area (Å²) in [5, 5.41) is 10.1. The van der Waals surface area contributed by atoms with Crippen LogP contribution in [0, 0.1) is 6.92 Å². The largest absolute Gasteiger partial charge is 0.493 e. The molecule has 2 aromatic heterocycles. The molecule has 4 heterocycles. The molecule has 0 saturated carbocycles. The molecule has 1 atom stereocenters. The van der Waals surface area contributed by atoms with Crippen molar-refractivity contribution in [3.8, 4) is 17.3 Å². The van der Waals surface area contributed by atoms with Crippen LogP contribution in [0.25, 0.3) is 5.82 Å². The van der Waals surface area contributed by atoms with E-state index in [9.17, 15) is 31.2 Å². The van der Waals surface area contributed by atoms with Crippen molar-refractivity contribution in [2.24, 2.45) is 0 Å². The minimum Gasteiger partial charge on any atom is -0.493 e. The van der Waals surface area contributed by atoms with Crippen molar-refractivity contribution >= 4 is 27.5 Å². The van der Waals surface area contributed by atoms with Crippen LogP contribution in [0.15, 0.2) is 36.5 Å². The molecular weight excluding hydrogens is 555 g/mol. The van der Waals surface area contributed by atoms with Crippen LogP contribution in [0.5, 0.6) is 11.5 Å². The van der Waals surface area contributed by atoms with E-state index >= 15 is 0 Å². The van der Waals surface area contributed by atoms with Gasteiger partial charge in [0.15, 0.2) is 28.1 Å². The Labute approximate surface area is 226 Å². The number of nitrogens with zero attached hydrogens (tertiary/aromatic N) is 3. The zero-order chi connectivity index (χ0) is 28.9. The highest BCUT2D eigenvalue weighted by atomic mass is 32.2. The summed E-state index contributed by atoms with van der Waals surface area (Å²) in [7, 11) is -3.66. The quantitative estimate of drug-likeness (QED) is 0.454. The number of benzene rings is 1. The third-order valence-electron chi connectivity index (χ3n) is 6.43. The molecule has 3 aromatic rings. The predicted octanol–water partition coefficient (Wildman–Crippen LogP) is 2.46. The molecule has 0 aliphatic carbocycles. The summed E-state index contributed by atoms with van der Waals surface area (Å²) in [6.45, 7) is 0.526. The summed E-state index contributed by atoms with van der Waals surface area (Å²) in [4.78, 5) is 30.5. The fourth-order valence-electron chi connectivity index (χ4n) is 4.76. The first kappa shape index (κ1) is 27.4. The number of carbonyl (C=O) groups is 2. The second-order valence-corrected chi connectivity index (χ2v) is 11.9. The SMILES string of the molecule is Cc1ccc(-n2nc3c(c2NC(=O)CS(C)(=O)=O)C(=O)N[C@@]2(CCOc4cc(OCC(F)(F)F)ccc42)C3)nc1. The Hall–Kier alpha value is -4.14. The van der Waals surface area contributed by atoms with Crippen LogP contribution >= 0.6 is 0 Å². The van der Waals surface area contributed by atoms with E-state index in [4.69, 9.17) is 9.47 Å². The molecule has 2 N–H and O–H groups in total. The van der Waals surface area contributed by atoms with Crippen molar-refractivity contribution in [2.75, 3.05) is 30.5 Å². The first-order valence-corrected chi connectivity index (χ1v) is 14.1. The Kier molecular flexibility index (Phi) is 6.72. The van der Waals surface area contributed by atoms with Gasteiger partial charge in [0.25, 0.3) is 5.91 Å². The van der Waals surface area contributed by atoms with Crippen molar-refractivity contribution in [3.63, 3.8) is 0 Å². The zero-order valence-corrected chi connectivity index (χ0v) is 22.1. The fourth-order valence-corrected chi connectivity index (χ4v) is 5.31. The third-order valence-corrected chi connectivity index (χ3v) is 7.21. The monoisotopic (exact) mass is 579 g/mol. The molecule has 0 bridgehead atoms. The lowest BCUT2D eigenvalue weighted by Gasteiger charge is -2.41. The zero-order valence-electron chi connectivity index (χ0n) is 21.3. The van der Waals surface area contributed by atoms with E-state index in [2.05, 4.69) is 20.7 Å². The number of halogens is 3. The standard InChI is InChI=1S/C25H24F3N5O6S/c1-14-3-6-19(29-11-14)33-22(30-20(34)12-40(2,36)37)21-17(32-33)10-24(31-23(21)35)7-8-38-18-9-15(4-5-16(18)24)39-13-25(26,27)28/h3-6,9,11H,7-8,10,12-13H2,1-2H3,(H,30,34)(H,31,35)/t24-/m0/s1. The van der Waals surface area contributed by atoms with Crippen LogP contribution in [0.4, 0.5) is 19.0 Å². The van der Waals surface area contributed by atoms with Gasteiger partial charge in [0.1, 0.15) is 22.8 Å². The van der Waals surface area contributed by atoms with E-state index in [1.54, 1.807) is 24.4 Å². The Morgan fingerprint density at radius 2 is 2.05 bits per heavy atom. The minimum atomic E-state index is -4.51. The number of alkyl halides is 3. The van der Waals surface area contributed by atoms with Gasteiger partial charge in [-0.3, -0.25) is 9.59 Å². The Balaban J connectivity index is 1.54. The van der Waals surface area contributed by atoms with Crippen LogP contribution in [-0.4, -0.2) is 66.4 Å². The van der Waals surface area contributed by atoms with E-state index in [-0.39, 0.29) is 41.7 Å². The van der Waals surface area contributed by atoms with E-state index in [0.29, 0.717) is 17.7 Å². The highest BCUT2D eigenvalue weighted by molar-refractivity contribution is 7.91. The van der Waals surface area contributed by atoms with Gasteiger partial charge in [0.05, 0.1) is 17.8 Å². The number of aryl methyl sites for hydroxylation is 1. The van der Waals surface area contributed by atoms with Gasteiger partial charge in [-0.15, -0.1) is 0 Å². The maximum absolute atomic E-state index is 13.6. The average Bonchev–Trinajstić information content (AvgIpc) is 3.19. The molecular formula is C25H24F3N5O6S. The van der Waals surface area contributed by atoms with Crippen LogP contribution in [0.1, 0.15) is 33.6 Å². The number of fused-ring (bicyclic) bond motifs is 3. The van der Waals surface area contributed by atoms with Gasteiger partial charge < -0.3 is 20.1 Å². The third kappa shape index (κ3) is 5.59. The molecule has 0 unspecified atom stereocenters. The van der Waals surface area contributed by atoms with Gasteiger partial charge in [-0.1, -0.05) is 6.07 Å². The van der Waals surface area contributed by atoms with Crippen molar-refractivity contribution in [3.05, 3.63) is 58.9 Å². The molecule has 212 valence electrons. The van der Waals surface area contributed by atoms with E-state index < -0.39 is 45.7 Å². The van der Waals surface area contributed by atoms with Gasteiger partial charge in [-0.25, -0.2) is 13.4 Å². The summed E-state index contributed by atoms with van der Waals surface area (Å²) in [5.74, 6) is -1.76. The first-order chi connectivity index (χ1) is 18.7. The Morgan fingerprint density at radius 3 is 2.73 bits per heavy atom. The van der Waals surface area contributed by atoms with Crippen molar-refractivity contribution < 1.29 is 40.7 Å². The molecule has 0 saturated heterocycles. The van der Waals surface area contributed by atoms with Gasteiger partial charge in [0.2, 0.25) is 5.91 Å². The van der Waals surface area contributed by atoms with Crippen LogP contribution in [0.3, 0.4) is 0 Å². The molecule has 2 aliphatic heterocycles. The number of ether oxygens (including phenoxy) is 2. The van der Waals surface area contributed by atoms with E-state index in [0.717, 1.165) is 11.8 Å². The number of sulfone groups is 1. The minimum absolute atomic E-state index is 0.0319. The highest BCUT2D eigenvalue weighted by Gasteiger charge is 2.46. The lowest BCUT2D eigenvalue weighted by molar-refractivity contribution is -0.153. The van der Waals surface area contributed by atoms with Crippen molar-refractivity contribution in [1.82, 2.24) is 20.1 Å². The second-order valence-electron chi connectivity index (χ2n) is 9.77. The molecule has 2 aliphatic rings. The summed E-state index contributed by atoms with van der Waals surface area (Å²) < 4.78 is 73.0. The Morgan fingerprint density at radius 1 is 1.27 bits per heavy atom. The number of pyridine rings is 1. The Bertz CT molecular complexity index is 1600. The van der Waals surface area contributed by atoms with E-state index in [1.165, 1.54) is 16.8 Å². The van der Waals surface area contributed by atoms with Gasteiger partial charge >= 0.3 is 6.18 Å². The second kappa shape index (κ2) is 9.80. The number of anilines is 1. The summed E-state index contributed by atoms with van der Waals surface area (Å²) in [5.41, 5.74) is 0.744. The van der Waals surface area contributed by atoms with Crippen LogP contribution in [0.2, 0.25) is 0 Å². The first-order valence-electron chi connectivity index (χ1n) is 12.0. The summed E-state index contributed by atoms with van der Waals surface area (Å²) in [6, 6.07) is 7.65. The fraction of sp³-hybridized carbons (Fsp3) is 0.360. The maximum atomic E-state index is 13.6. The maximum Gasteiger partial charge on any atom is 0.422 e. The molecule has 1 spiro atoms. The molecule has 0 fully saturated rings. The molecule has 1 aromatic carbocycles. The number of hydrogen-bond acceptors (Lipinski definition) is 8. The number of aromatic nitrogens is 3. The molecule has 0 radical (unpaired) electrons. The van der Waals surface area contributed by atoms with Crippen molar-refractivity contribution in [2.45, 2.75) is 31.5 Å². The normalized spacial score (nSPS) is 18.4. The topological polar surface area (TPSA) is 142 Å². The van der Waals surface area contributed by atoms with Crippen LogP contribution < -0.4 is 20.1 Å². The smallest absolute Gasteiger partial charge is 0.422 e. The molecule has 15 heteroatoms. The summed E-state index contributed by atoms with van der Waals surface area (Å²) >= 11 is 0. The number of rotatable bonds is 6. The number of carbonyl (C=O) groups excluding carboxylic acids is 2. The predicted molar refractivity (Wildman–Crippen MR) is 135 cm³/mol. The van der Waals surface area contributed by atoms with Gasteiger partial charge in [0, 0.05) is 36.9 Å². The average molecular weight is 580 g/mol. The lowest BCUT2D eigenvalue weighted by atomic mass is 9.77. The number of nitrogens with one attached hydrogen (secondary N) is 2. The van der Waals surface area contributed by atoms with Gasteiger partial charge in [-0.05, 0) is 30.7 Å². The molecule has 5 rings (SSSR count). The molecule has 40 heavy (non-hydrogen) atoms.